The van der Waals surface area contributed by atoms with Gasteiger partial charge in [-0.3, -0.25) is 0 Å². The first-order chi connectivity index (χ1) is 10.1. The summed E-state index contributed by atoms with van der Waals surface area (Å²) in [5.41, 5.74) is 0.531. The molecule has 0 N–H and O–H groups in total. The molecule has 0 unspecified atom stereocenters. The second-order valence-corrected chi connectivity index (χ2v) is 8.06. The Morgan fingerprint density at radius 2 is 2.05 bits per heavy atom. The Balaban J connectivity index is 1.64. The first-order valence-electron chi connectivity index (χ1n) is 6.73. The maximum absolute atomic E-state index is 13.4. The van der Waals surface area contributed by atoms with Crippen LogP contribution in [0.25, 0.3) is 10.8 Å². The van der Waals surface area contributed by atoms with Gasteiger partial charge in [0.2, 0.25) is 0 Å². The Kier molecular flexibility index (Phi) is 4.50. The van der Waals surface area contributed by atoms with Gasteiger partial charge in [-0.05, 0) is 29.3 Å². The Hall–Kier alpha value is -1.07. The van der Waals surface area contributed by atoms with Gasteiger partial charge in [-0.15, -0.1) is 11.8 Å². The lowest BCUT2D eigenvalue weighted by atomic mass is 10.1. The van der Waals surface area contributed by atoms with E-state index in [1.807, 2.05) is 36.4 Å². The van der Waals surface area contributed by atoms with E-state index < -0.39 is 6.17 Å². The van der Waals surface area contributed by atoms with Gasteiger partial charge in [0.25, 0.3) is 0 Å². The molecule has 0 aromatic heterocycles. The van der Waals surface area contributed by atoms with E-state index in [9.17, 15) is 9.18 Å². The van der Waals surface area contributed by atoms with Gasteiger partial charge in [0.15, 0.2) is 0 Å². The molecule has 3 rings (SSSR count). The topological polar surface area (TPSA) is 26.3 Å². The van der Waals surface area contributed by atoms with Gasteiger partial charge < -0.3 is 4.74 Å². The van der Waals surface area contributed by atoms with E-state index in [2.05, 4.69) is 15.9 Å². The lowest BCUT2D eigenvalue weighted by Gasteiger charge is -2.10. The number of benzene rings is 2. The zero-order valence-corrected chi connectivity index (χ0v) is 13.6. The number of fused-ring (bicyclic) bond motifs is 1. The molecule has 21 heavy (non-hydrogen) atoms. The smallest absolute Gasteiger partial charge is 0.338 e. The second-order valence-electron chi connectivity index (χ2n) is 5.02. The largest absolute Gasteiger partial charge is 0.461 e. The summed E-state index contributed by atoms with van der Waals surface area (Å²) in [6.07, 6.45) is -0.453. The van der Waals surface area contributed by atoms with Crippen LogP contribution in [-0.4, -0.2) is 28.2 Å². The van der Waals surface area contributed by atoms with Crippen LogP contribution in [0.4, 0.5) is 4.39 Å². The van der Waals surface area contributed by atoms with Crippen LogP contribution >= 0.6 is 27.7 Å². The molecule has 5 heteroatoms. The molecule has 0 saturated carbocycles. The molecular formula is C16H14BrFO2S. The molecule has 1 saturated heterocycles. The van der Waals surface area contributed by atoms with Crippen LogP contribution in [0.15, 0.2) is 42.5 Å². The molecule has 2 nitrogen and oxygen atoms in total. The third-order valence-corrected chi connectivity index (χ3v) is 5.97. The Morgan fingerprint density at radius 3 is 2.76 bits per heavy atom. The van der Waals surface area contributed by atoms with Crippen LogP contribution in [0, 0.1) is 0 Å². The molecule has 1 aliphatic heterocycles. The fraction of sp³-hybridized carbons (Fsp3) is 0.312. The van der Waals surface area contributed by atoms with Crippen molar-refractivity contribution in [2.75, 3.05) is 6.61 Å². The molecule has 1 fully saturated rings. The number of carbonyl (C=O) groups excluding carboxylic acids is 1. The number of thioether (sulfide) groups is 1. The maximum Gasteiger partial charge on any atom is 0.338 e. The molecule has 0 aliphatic carbocycles. The Labute approximate surface area is 135 Å². The van der Waals surface area contributed by atoms with Gasteiger partial charge in [0.1, 0.15) is 12.8 Å². The van der Waals surface area contributed by atoms with Crippen LogP contribution in [0.2, 0.25) is 0 Å². The maximum atomic E-state index is 13.4. The third kappa shape index (κ3) is 3.40. The van der Waals surface area contributed by atoms with Gasteiger partial charge in [-0.25, -0.2) is 9.18 Å². The van der Waals surface area contributed by atoms with Crippen molar-refractivity contribution in [2.45, 2.75) is 22.0 Å². The summed E-state index contributed by atoms with van der Waals surface area (Å²) >= 11 is 4.75. The van der Waals surface area contributed by atoms with Crippen LogP contribution in [0.5, 0.6) is 0 Å². The fourth-order valence-electron chi connectivity index (χ4n) is 2.36. The number of esters is 1. The molecule has 1 heterocycles. The zero-order chi connectivity index (χ0) is 14.8. The van der Waals surface area contributed by atoms with E-state index in [0.29, 0.717) is 12.0 Å². The predicted octanol–water partition coefficient (Wildman–Crippen LogP) is 4.56. The number of ether oxygens (including phenoxy) is 1. The molecule has 110 valence electrons. The highest BCUT2D eigenvalue weighted by Crippen LogP contribution is 2.39. The minimum atomic E-state index is -0.876. The molecular weight excluding hydrogens is 355 g/mol. The summed E-state index contributed by atoms with van der Waals surface area (Å²) in [7, 11) is 0. The van der Waals surface area contributed by atoms with Crippen molar-refractivity contribution < 1.29 is 13.9 Å². The first kappa shape index (κ1) is 14.9. The molecule has 3 atom stereocenters. The van der Waals surface area contributed by atoms with Gasteiger partial charge in [-0.1, -0.05) is 46.3 Å². The molecule has 1 aliphatic rings. The first-order valence-corrected chi connectivity index (χ1v) is 8.59. The molecule has 0 radical (unpaired) electrons. The van der Waals surface area contributed by atoms with E-state index in [-0.39, 0.29) is 22.0 Å². The number of hydrogen-bond acceptors (Lipinski definition) is 3. The summed E-state index contributed by atoms with van der Waals surface area (Å²) in [6, 6.07) is 13.3. The normalized spacial score (nSPS) is 25.1. The molecule has 0 spiro atoms. The molecule has 0 amide bonds. The zero-order valence-electron chi connectivity index (χ0n) is 11.2. The second kappa shape index (κ2) is 6.36. The lowest BCUT2D eigenvalue weighted by molar-refractivity contribution is 0.0501. The van der Waals surface area contributed by atoms with Crippen LogP contribution in [0.3, 0.4) is 0 Å². The highest BCUT2D eigenvalue weighted by Gasteiger charge is 2.34. The van der Waals surface area contributed by atoms with E-state index in [1.165, 1.54) is 11.8 Å². The monoisotopic (exact) mass is 368 g/mol. The van der Waals surface area contributed by atoms with Crippen molar-refractivity contribution in [3.05, 3.63) is 48.0 Å². The highest BCUT2D eigenvalue weighted by molar-refractivity contribution is 9.11. The summed E-state index contributed by atoms with van der Waals surface area (Å²) in [5, 5.41) is 2.11. The summed E-state index contributed by atoms with van der Waals surface area (Å²) in [6.45, 7) is 0.249. The number of rotatable bonds is 3. The predicted molar refractivity (Wildman–Crippen MR) is 87.8 cm³/mol. The average Bonchev–Trinajstić information content (AvgIpc) is 2.83. The van der Waals surface area contributed by atoms with Gasteiger partial charge in [0.05, 0.1) is 9.72 Å². The van der Waals surface area contributed by atoms with Crippen molar-refractivity contribution in [2.24, 2.45) is 0 Å². The van der Waals surface area contributed by atoms with Crippen molar-refractivity contribution in [1.82, 2.24) is 0 Å². The minimum Gasteiger partial charge on any atom is -0.461 e. The van der Waals surface area contributed by atoms with Crippen molar-refractivity contribution in [3.8, 4) is 0 Å². The van der Waals surface area contributed by atoms with E-state index in [4.69, 9.17) is 4.74 Å². The van der Waals surface area contributed by atoms with E-state index in [1.54, 1.807) is 6.07 Å². The van der Waals surface area contributed by atoms with Crippen LogP contribution in [0.1, 0.15) is 16.8 Å². The highest BCUT2D eigenvalue weighted by atomic mass is 79.9. The number of hydrogen-bond donors (Lipinski definition) is 0. The van der Waals surface area contributed by atoms with Crippen LogP contribution < -0.4 is 0 Å². The summed E-state index contributed by atoms with van der Waals surface area (Å²) < 4.78 is 18.5. The SMILES string of the molecule is O=C(OC[C@@H]1C[C@H](F)[C@@H](Br)S1)c1ccc2ccccc2c1. The van der Waals surface area contributed by atoms with Gasteiger partial charge in [0, 0.05) is 5.25 Å². The van der Waals surface area contributed by atoms with Gasteiger partial charge >= 0.3 is 5.97 Å². The van der Waals surface area contributed by atoms with Crippen LogP contribution in [-0.2, 0) is 4.74 Å². The van der Waals surface area contributed by atoms with Crippen molar-refractivity contribution in [1.29, 1.82) is 0 Å². The average molecular weight is 369 g/mol. The van der Waals surface area contributed by atoms with E-state index in [0.717, 1.165) is 10.8 Å². The number of alkyl halides is 2. The third-order valence-electron chi connectivity index (χ3n) is 3.48. The van der Waals surface area contributed by atoms with E-state index >= 15 is 0 Å². The molecule has 2 aromatic rings. The number of carbonyl (C=O) groups is 1. The molecule has 2 aromatic carbocycles. The van der Waals surface area contributed by atoms with Gasteiger partial charge in [-0.2, -0.15) is 0 Å². The fourth-order valence-corrected chi connectivity index (χ4v) is 4.58. The van der Waals surface area contributed by atoms with Crippen molar-refractivity contribution >= 4 is 44.4 Å². The Bertz CT molecular complexity index is 654. The summed E-state index contributed by atoms with van der Waals surface area (Å²) in [5.74, 6) is -0.352. The standard InChI is InChI=1S/C16H14BrFO2S/c17-15-14(18)8-13(21-15)9-20-16(19)12-6-5-10-3-1-2-4-11(10)7-12/h1-7,13-15H,8-9H2/t13-,14-,15-/m0/s1. The van der Waals surface area contributed by atoms with Crippen molar-refractivity contribution in [3.63, 3.8) is 0 Å². The quantitative estimate of drug-likeness (QED) is 0.586. The Morgan fingerprint density at radius 1 is 1.29 bits per heavy atom. The number of halogens is 2. The molecule has 0 bridgehead atoms. The minimum absolute atomic E-state index is 0.0220. The lowest BCUT2D eigenvalue weighted by Crippen LogP contribution is -2.15. The summed E-state index contributed by atoms with van der Waals surface area (Å²) in [4.78, 5) is 12.1.